The number of benzene rings is 1. The van der Waals surface area contributed by atoms with Gasteiger partial charge in [-0.25, -0.2) is 8.42 Å². The van der Waals surface area contributed by atoms with Gasteiger partial charge < -0.3 is 5.11 Å². The summed E-state index contributed by atoms with van der Waals surface area (Å²) >= 11 is 0. The van der Waals surface area contributed by atoms with Gasteiger partial charge in [-0.05, 0) is 19.1 Å². The molecule has 1 aliphatic rings. The fourth-order valence-electron chi connectivity index (χ4n) is 2.23. The van der Waals surface area contributed by atoms with E-state index in [1.165, 1.54) is 4.31 Å². The first-order valence-electron chi connectivity index (χ1n) is 7.45. The van der Waals surface area contributed by atoms with Gasteiger partial charge in [-0.3, -0.25) is 9.69 Å². The molecule has 1 aromatic rings. The van der Waals surface area contributed by atoms with E-state index in [9.17, 15) is 13.2 Å². The van der Waals surface area contributed by atoms with E-state index >= 15 is 0 Å². The van der Waals surface area contributed by atoms with Crippen LogP contribution in [0.1, 0.15) is 20.8 Å². The first kappa shape index (κ1) is 18.6. The Kier molecular flexibility index (Phi) is 6.99. The number of aliphatic carboxylic acids is 1. The Balaban J connectivity index is 0.00000116. The van der Waals surface area contributed by atoms with Gasteiger partial charge in [0, 0.05) is 26.2 Å². The molecule has 1 N–H and O–H groups in total. The molecule has 0 bridgehead atoms. The number of hydrogen-bond acceptors (Lipinski definition) is 4. The number of hydrogen-bond donors (Lipinski definition) is 1. The predicted octanol–water partition coefficient (Wildman–Crippen LogP) is 1.49. The number of nitrogens with zero attached hydrogens (tertiary/aromatic N) is 2. The van der Waals surface area contributed by atoms with Crippen LogP contribution in [0.4, 0.5) is 0 Å². The van der Waals surface area contributed by atoms with E-state index in [4.69, 9.17) is 5.11 Å². The maximum Gasteiger partial charge on any atom is 0.320 e. The molecule has 0 saturated carbocycles. The minimum atomic E-state index is -3.47. The third kappa shape index (κ3) is 4.28. The van der Waals surface area contributed by atoms with Crippen LogP contribution in [0.25, 0.3) is 0 Å². The van der Waals surface area contributed by atoms with Crippen LogP contribution in [0.15, 0.2) is 35.2 Å². The Morgan fingerprint density at radius 2 is 1.59 bits per heavy atom. The summed E-state index contributed by atoms with van der Waals surface area (Å²) in [6, 6.07) is 7.71. The summed E-state index contributed by atoms with van der Waals surface area (Å²) in [6.07, 6.45) is 0. The van der Waals surface area contributed by atoms with E-state index in [0.29, 0.717) is 26.2 Å². The van der Waals surface area contributed by atoms with Crippen molar-refractivity contribution in [3.63, 3.8) is 0 Å². The average molecular weight is 328 g/mol. The monoisotopic (exact) mass is 328 g/mol. The highest BCUT2D eigenvalue weighted by Crippen LogP contribution is 2.17. The van der Waals surface area contributed by atoms with Crippen molar-refractivity contribution < 1.29 is 18.3 Å². The maximum atomic E-state index is 12.4. The van der Waals surface area contributed by atoms with Gasteiger partial charge in [-0.15, -0.1) is 0 Å². The van der Waals surface area contributed by atoms with Crippen molar-refractivity contribution in [2.24, 2.45) is 0 Å². The van der Waals surface area contributed by atoms with Crippen LogP contribution < -0.4 is 0 Å². The Morgan fingerprint density at radius 3 is 2.05 bits per heavy atom. The lowest BCUT2D eigenvalue weighted by Gasteiger charge is -2.35. The molecular weight excluding hydrogens is 304 g/mol. The van der Waals surface area contributed by atoms with E-state index in [2.05, 4.69) is 0 Å². The van der Waals surface area contributed by atoms with Crippen molar-refractivity contribution in [2.45, 2.75) is 31.7 Å². The number of rotatable bonds is 4. The molecule has 7 heteroatoms. The van der Waals surface area contributed by atoms with Crippen molar-refractivity contribution in [1.29, 1.82) is 0 Å². The van der Waals surface area contributed by atoms with Crippen LogP contribution >= 0.6 is 0 Å². The molecule has 124 valence electrons. The van der Waals surface area contributed by atoms with Gasteiger partial charge in [0.2, 0.25) is 10.0 Å². The molecule has 0 spiro atoms. The molecule has 1 aromatic carbocycles. The van der Waals surface area contributed by atoms with Crippen molar-refractivity contribution >= 4 is 16.0 Å². The maximum absolute atomic E-state index is 12.4. The number of carbonyl (C=O) groups is 1. The quantitative estimate of drug-likeness (QED) is 0.906. The summed E-state index contributed by atoms with van der Waals surface area (Å²) in [5.41, 5.74) is 0. The zero-order valence-electron chi connectivity index (χ0n) is 13.3. The molecule has 1 atom stereocenters. The van der Waals surface area contributed by atoms with Crippen molar-refractivity contribution in [1.82, 2.24) is 9.21 Å². The second-order valence-electron chi connectivity index (χ2n) is 4.77. The molecule has 0 aliphatic carbocycles. The summed E-state index contributed by atoms with van der Waals surface area (Å²) in [5.74, 6) is -0.885. The van der Waals surface area contributed by atoms with Gasteiger partial charge in [0.1, 0.15) is 6.04 Å². The summed E-state index contributed by atoms with van der Waals surface area (Å²) in [4.78, 5) is 13.0. The molecule has 2 rings (SSSR count). The van der Waals surface area contributed by atoms with Crippen LogP contribution in [-0.2, 0) is 14.8 Å². The lowest BCUT2D eigenvalue weighted by Crippen LogP contribution is -2.53. The van der Waals surface area contributed by atoms with E-state index in [1.54, 1.807) is 42.2 Å². The average Bonchev–Trinajstić information content (AvgIpc) is 2.57. The van der Waals surface area contributed by atoms with Crippen LogP contribution in [0.2, 0.25) is 0 Å². The molecule has 0 aromatic heterocycles. The van der Waals surface area contributed by atoms with Crippen LogP contribution in [0.5, 0.6) is 0 Å². The standard InChI is InChI=1S/C13H18N2O4S.C2H6/c1-11(13(16)17)14-7-9-15(10-8-14)20(18,19)12-5-3-2-4-6-12;1-2/h2-6,11H,7-10H2,1H3,(H,16,17);1-2H3. The Hall–Kier alpha value is -1.44. The predicted molar refractivity (Wildman–Crippen MR) is 85.2 cm³/mol. The summed E-state index contributed by atoms with van der Waals surface area (Å²) in [7, 11) is -3.47. The van der Waals surface area contributed by atoms with E-state index in [-0.39, 0.29) is 4.90 Å². The molecular formula is C15H24N2O4S. The highest BCUT2D eigenvalue weighted by atomic mass is 32.2. The molecule has 1 aliphatic heterocycles. The molecule has 22 heavy (non-hydrogen) atoms. The topological polar surface area (TPSA) is 77.9 Å². The largest absolute Gasteiger partial charge is 0.480 e. The SMILES string of the molecule is CC.CC(C(=O)O)N1CCN(S(=O)(=O)c2ccccc2)CC1. The molecule has 0 radical (unpaired) electrons. The number of sulfonamides is 1. The van der Waals surface area contributed by atoms with Gasteiger partial charge in [0.15, 0.2) is 0 Å². The zero-order valence-corrected chi connectivity index (χ0v) is 14.1. The normalized spacial score (nSPS) is 18.1. The van der Waals surface area contributed by atoms with Gasteiger partial charge in [0.25, 0.3) is 0 Å². The van der Waals surface area contributed by atoms with Gasteiger partial charge in [0.05, 0.1) is 4.90 Å². The van der Waals surface area contributed by atoms with E-state index in [0.717, 1.165) is 0 Å². The third-order valence-electron chi connectivity index (χ3n) is 3.56. The molecule has 1 saturated heterocycles. The smallest absolute Gasteiger partial charge is 0.320 e. The van der Waals surface area contributed by atoms with Crippen molar-refractivity contribution in [3.05, 3.63) is 30.3 Å². The third-order valence-corrected chi connectivity index (χ3v) is 5.47. The Labute approximate surface area is 132 Å². The molecule has 1 fully saturated rings. The van der Waals surface area contributed by atoms with E-state index < -0.39 is 22.0 Å². The lowest BCUT2D eigenvalue weighted by molar-refractivity contribution is -0.143. The van der Waals surface area contributed by atoms with Crippen molar-refractivity contribution in [2.75, 3.05) is 26.2 Å². The number of carboxylic acid groups (broad SMARTS) is 1. The first-order valence-corrected chi connectivity index (χ1v) is 8.89. The van der Waals surface area contributed by atoms with E-state index in [1.807, 2.05) is 13.8 Å². The highest BCUT2D eigenvalue weighted by molar-refractivity contribution is 7.89. The second kappa shape index (κ2) is 8.26. The minimum Gasteiger partial charge on any atom is -0.480 e. The molecule has 1 heterocycles. The Morgan fingerprint density at radius 1 is 1.09 bits per heavy atom. The van der Waals surface area contributed by atoms with Gasteiger partial charge in [-0.1, -0.05) is 32.0 Å². The second-order valence-corrected chi connectivity index (χ2v) is 6.71. The lowest BCUT2D eigenvalue weighted by atomic mass is 10.2. The van der Waals surface area contributed by atoms with Crippen LogP contribution in [0, 0.1) is 0 Å². The fraction of sp³-hybridized carbons (Fsp3) is 0.533. The molecule has 0 amide bonds. The van der Waals surface area contributed by atoms with Crippen LogP contribution in [0.3, 0.4) is 0 Å². The van der Waals surface area contributed by atoms with Crippen molar-refractivity contribution in [3.8, 4) is 0 Å². The molecule has 1 unspecified atom stereocenters. The van der Waals surface area contributed by atoms with Gasteiger partial charge >= 0.3 is 5.97 Å². The number of piperazine rings is 1. The molecule has 6 nitrogen and oxygen atoms in total. The Bertz CT molecular complexity index is 566. The first-order chi connectivity index (χ1) is 10.4. The minimum absolute atomic E-state index is 0.278. The fourth-order valence-corrected chi connectivity index (χ4v) is 3.67. The number of carboxylic acids is 1. The van der Waals surface area contributed by atoms with Gasteiger partial charge in [-0.2, -0.15) is 4.31 Å². The summed E-state index contributed by atoms with van der Waals surface area (Å²) < 4.78 is 26.2. The zero-order chi connectivity index (χ0) is 16.8. The summed E-state index contributed by atoms with van der Waals surface area (Å²) in [6.45, 7) is 7.10. The van der Waals surface area contributed by atoms with Crippen LogP contribution in [-0.4, -0.2) is 60.9 Å². The highest BCUT2D eigenvalue weighted by Gasteiger charge is 2.31. The summed E-state index contributed by atoms with van der Waals surface area (Å²) in [5, 5.41) is 8.96.